The van der Waals surface area contributed by atoms with Gasteiger partial charge in [-0.1, -0.05) is 18.2 Å². The molecule has 138 valence electrons. The first-order chi connectivity index (χ1) is 12.7. The second-order valence-corrected chi connectivity index (χ2v) is 7.87. The van der Waals surface area contributed by atoms with Gasteiger partial charge in [0.05, 0.1) is 23.7 Å². The molecule has 5 nitrogen and oxygen atoms in total. The summed E-state index contributed by atoms with van der Waals surface area (Å²) in [5.41, 5.74) is 2.35. The highest BCUT2D eigenvalue weighted by Crippen LogP contribution is 2.52. The van der Waals surface area contributed by atoms with Crippen LogP contribution in [0.4, 0.5) is 0 Å². The molecule has 2 aromatic rings. The Bertz CT molecular complexity index is 737. The quantitative estimate of drug-likeness (QED) is 0.699. The van der Waals surface area contributed by atoms with Crippen molar-refractivity contribution in [3.63, 3.8) is 0 Å². The summed E-state index contributed by atoms with van der Waals surface area (Å²) in [6, 6.07) is 10.5. The molecule has 1 aromatic carbocycles. The van der Waals surface area contributed by atoms with Crippen molar-refractivity contribution in [2.75, 3.05) is 20.3 Å². The number of nitrogens with zero attached hydrogens (tertiary/aromatic N) is 2. The lowest BCUT2D eigenvalue weighted by Gasteiger charge is -2.34. The maximum atomic E-state index is 12.8. The van der Waals surface area contributed by atoms with Crippen LogP contribution in [-0.2, 0) is 16.0 Å². The van der Waals surface area contributed by atoms with Crippen molar-refractivity contribution in [1.82, 2.24) is 9.88 Å². The van der Waals surface area contributed by atoms with E-state index in [1.165, 1.54) is 7.11 Å². The van der Waals surface area contributed by atoms with Gasteiger partial charge in [0, 0.05) is 30.4 Å². The van der Waals surface area contributed by atoms with Gasteiger partial charge in [-0.15, -0.1) is 11.3 Å². The van der Waals surface area contributed by atoms with Gasteiger partial charge < -0.3 is 9.47 Å². The zero-order chi connectivity index (χ0) is 18.0. The average Bonchev–Trinajstić information content (AvgIpc) is 3.38. The molecule has 2 saturated heterocycles. The normalized spacial score (nSPS) is 27.6. The minimum absolute atomic E-state index is 0.0910. The number of fused-ring (bicyclic) bond motifs is 2. The second kappa shape index (κ2) is 7.37. The Morgan fingerprint density at radius 2 is 2.19 bits per heavy atom. The van der Waals surface area contributed by atoms with Crippen molar-refractivity contribution in [3.05, 3.63) is 46.9 Å². The number of para-hydroxylation sites is 1. The van der Waals surface area contributed by atoms with Crippen LogP contribution in [0.2, 0.25) is 0 Å². The molecule has 0 unspecified atom stereocenters. The summed E-state index contributed by atoms with van der Waals surface area (Å²) in [6.07, 6.45) is 3.70. The summed E-state index contributed by atoms with van der Waals surface area (Å²) in [5.74, 6) is 0.799. The SMILES string of the molecule is COC(=O)[C@@]1(Cc2cscn2)C[C@H]2CC[C@@H]1N2CCOc1ccccc1. The summed E-state index contributed by atoms with van der Waals surface area (Å²) in [4.78, 5) is 19.7. The molecule has 2 bridgehead atoms. The molecule has 0 saturated carbocycles. The maximum absolute atomic E-state index is 12.8. The topological polar surface area (TPSA) is 51.7 Å². The van der Waals surface area contributed by atoms with Crippen molar-refractivity contribution >= 4 is 17.3 Å². The molecular formula is C20H24N2O3S. The summed E-state index contributed by atoms with van der Waals surface area (Å²) in [7, 11) is 1.50. The Labute approximate surface area is 157 Å². The van der Waals surface area contributed by atoms with Crippen molar-refractivity contribution < 1.29 is 14.3 Å². The first-order valence-corrected chi connectivity index (χ1v) is 10.1. The van der Waals surface area contributed by atoms with Gasteiger partial charge in [-0.3, -0.25) is 9.69 Å². The van der Waals surface area contributed by atoms with Crippen LogP contribution in [-0.4, -0.2) is 48.2 Å². The maximum Gasteiger partial charge on any atom is 0.313 e. The minimum Gasteiger partial charge on any atom is -0.492 e. The molecule has 6 heteroatoms. The van der Waals surface area contributed by atoms with Crippen LogP contribution in [0, 0.1) is 5.41 Å². The third-order valence-electron chi connectivity index (χ3n) is 5.81. The first-order valence-electron chi connectivity index (χ1n) is 9.12. The molecule has 26 heavy (non-hydrogen) atoms. The van der Waals surface area contributed by atoms with Crippen LogP contribution in [0.1, 0.15) is 25.0 Å². The minimum atomic E-state index is -0.474. The number of methoxy groups -OCH3 is 1. The van der Waals surface area contributed by atoms with Crippen LogP contribution in [0.25, 0.3) is 0 Å². The molecule has 2 aliphatic heterocycles. The smallest absolute Gasteiger partial charge is 0.313 e. The Morgan fingerprint density at radius 3 is 2.92 bits per heavy atom. The Morgan fingerprint density at radius 1 is 1.35 bits per heavy atom. The number of ether oxygens (including phenoxy) is 2. The van der Waals surface area contributed by atoms with Gasteiger partial charge in [-0.25, -0.2) is 4.98 Å². The van der Waals surface area contributed by atoms with E-state index < -0.39 is 5.41 Å². The second-order valence-electron chi connectivity index (χ2n) is 7.15. The van der Waals surface area contributed by atoms with Crippen molar-refractivity contribution in [1.29, 1.82) is 0 Å². The molecule has 0 aliphatic carbocycles. The van der Waals surface area contributed by atoms with Crippen molar-refractivity contribution in [3.8, 4) is 5.75 Å². The molecule has 0 N–H and O–H groups in total. The monoisotopic (exact) mass is 372 g/mol. The zero-order valence-corrected chi connectivity index (χ0v) is 15.8. The summed E-state index contributed by atoms with van der Waals surface area (Å²) in [5, 5.41) is 2.04. The van der Waals surface area contributed by atoms with Crippen molar-refractivity contribution in [2.24, 2.45) is 5.41 Å². The highest BCUT2D eigenvalue weighted by atomic mass is 32.1. The van der Waals surface area contributed by atoms with Gasteiger partial charge in [0.15, 0.2) is 0 Å². The third kappa shape index (κ3) is 3.12. The Kier molecular flexibility index (Phi) is 4.96. The van der Waals surface area contributed by atoms with E-state index >= 15 is 0 Å². The van der Waals surface area contributed by atoms with Gasteiger partial charge in [-0.2, -0.15) is 0 Å². The van der Waals surface area contributed by atoms with Crippen LogP contribution in [0.15, 0.2) is 41.2 Å². The molecular weight excluding hydrogens is 348 g/mol. The number of esters is 1. The molecule has 3 atom stereocenters. The third-order valence-corrected chi connectivity index (χ3v) is 6.45. The lowest BCUT2D eigenvalue weighted by Crippen LogP contribution is -2.46. The standard InChI is InChI=1S/C20H24N2O3S/c1-24-19(23)20(11-15-13-26-14-21-15)12-16-7-8-18(20)22(16)9-10-25-17-5-3-2-4-6-17/h2-6,13-14,16,18H,7-12H2,1H3/t16-,18+,20+/m1/s1. The van der Waals surface area contributed by atoms with Gasteiger partial charge in [0.1, 0.15) is 12.4 Å². The first kappa shape index (κ1) is 17.5. The Hall–Kier alpha value is -1.92. The van der Waals surface area contributed by atoms with E-state index in [-0.39, 0.29) is 12.0 Å². The highest BCUT2D eigenvalue weighted by Gasteiger charge is 2.60. The highest BCUT2D eigenvalue weighted by molar-refractivity contribution is 7.07. The molecule has 2 aliphatic rings. The average molecular weight is 372 g/mol. The van der Waals surface area contributed by atoms with Crippen molar-refractivity contribution in [2.45, 2.75) is 37.8 Å². The molecule has 0 spiro atoms. The van der Waals surface area contributed by atoms with E-state index in [9.17, 15) is 4.79 Å². The fraction of sp³-hybridized carbons (Fsp3) is 0.500. The number of carbonyl (C=O) groups excluding carboxylic acids is 1. The zero-order valence-electron chi connectivity index (χ0n) is 15.0. The Balaban J connectivity index is 1.47. The number of rotatable bonds is 7. The summed E-state index contributed by atoms with van der Waals surface area (Å²) >= 11 is 1.58. The molecule has 2 fully saturated rings. The van der Waals surface area contributed by atoms with Crippen LogP contribution >= 0.6 is 11.3 Å². The van der Waals surface area contributed by atoms with E-state index in [4.69, 9.17) is 9.47 Å². The van der Waals surface area contributed by atoms with E-state index in [2.05, 4.69) is 9.88 Å². The molecule has 3 heterocycles. The van der Waals surface area contributed by atoms with Crippen LogP contribution < -0.4 is 4.74 Å². The largest absolute Gasteiger partial charge is 0.492 e. The molecule has 0 radical (unpaired) electrons. The predicted octanol–water partition coefficient (Wildman–Crippen LogP) is 3.16. The number of hydrogen-bond acceptors (Lipinski definition) is 6. The van der Waals surface area contributed by atoms with E-state index in [0.29, 0.717) is 19.1 Å². The van der Waals surface area contributed by atoms with Gasteiger partial charge in [0.25, 0.3) is 0 Å². The van der Waals surface area contributed by atoms with Gasteiger partial charge in [-0.05, 0) is 31.4 Å². The van der Waals surface area contributed by atoms with Crippen LogP contribution in [0.3, 0.4) is 0 Å². The molecule has 1 aromatic heterocycles. The number of hydrogen-bond donors (Lipinski definition) is 0. The molecule has 4 rings (SSSR count). The molecule has 0 amide bonds. The number of aromatic nitrogens is 1. The van der Waals surface area contributed by atoms with Gasteiger partial charge in [0.2, 0.25) is 0 Å². The summed E-state index contributed by atoms with van der Waals surface area (Å²) < 4.78 is 11.1. The summed E-state index contributed by atoms with van der Waals surface area (Å²) in [6.45, 7) is 1.46. The van der Waals surface area contributed by atoms with E-state index in [1.807, 2.05) is 41.2 Å². The number of carbonyl (C=O) groups is 1. The number of benzene rings is 1. The fourth-order valence-corrected chi connectivity index (χ4v) is 5.32. The lowest BCUT2D eigenvalue weighted by atomic mass is 9.71. The van der Waals surface area contributed by atoms with E-state index in [0.717, 1.165) is 37.3 Å². The predicted molar refractivity (Wildman–Crippen MR) is 100 cm³/mol. The lowest BCUT2D eigenvalue weighted by molar-refractivity contribution is -0.155. The fourth-order valence-electron chi connectivity index (χ4n) is 4.76. The van der Waals surface area contributed by atoms with Crippen LogP contribution in [0.5, 0.6) is 5.75 Å². The van der Waals surface area contributed by atoms with Gasteiger partial charge >= 0.3 is 5.97 Å². The van der Waals surface area contributed by atoms with E-state index in [1.54, 1.807) is 11.3 Å². The number of thiazole rings is 1.